The number of morpholine rings is 1. The Morgan fingerprint density at radius 3 is 2.50 bits per heavy atom. The first-order chi connectivity index (χ1) is 14.4. The van der Waals surface area contributed by atoms with E-state index in [1.165, 1.54) is 12.5 Å². The highest BCUT2D eigenvalue weighted by Crippen LogP contribution is 2.32. The second-order valence-corrected chi connectivity index (χ2v) is 9.58. The van der Waals surface area contributed by atoms with Crippen molar-refractivity contribution in [3.05, 3.63) is 42.0 Å². The predicted molar refractivity (Wildman–Crippen MR) is 110 cm³/mol. The minimum absolute atomic E-state index is 0.0459. The summed E-state index contributed by atoms with van der Waals surface area (Å²) in [6, 6.07) is 3.49. The molecule has 0 saturated carbocycles. The van der Waals surface area contributed by atoms with Gasteiger partial charge in [-0.3, -0.25) is 9.78 Å². The molecule has 4 heterocycles. The summed E-state index contributed by atoms with van der Waals surface area (Å²) in [5, 5.41) is 0. The number of hydrogen-bond donors (Lipinski definition) is 0. The van der Waals surface area contributed by atoms with Crippen molar-refractivity contribution in [3.63, 3.8) is 0 Å². The summed E-state index contributed by atoms with van der Waals surface area (Å²) in [6.45, 7) is 3.63. The smallest absolute Gasteiger partial charge is 0.255 e. The molecule has 2 aromatic heterocycles. The van der Waals surface area contributed by atoms with E-state index in [1.54, 1.807) is 29.4 Å². The van der Waals surface area contributed by atoms with Gasteiger partial charge < -0.3 is 14.5 Å². The molecule has 2 fully saturated rings. The fraction of sp³-hybridized carbons (Fsp3) is 0.500. The Labute approximate surface area is 176 Å². The van der Waals surface area contributed by atoms with Gasteiger partial charge in [0.05, 0.1) is 30.7 Å². The number of piperidine rings is 1. The van der Waals surface area contributed by atoms with Crippen LogP contribution in [-0.4, -0.2) is 79.8 Å². The number of sulfone groups is 1. The Morgan fingerprint density at radius 2 is 1.87 bits per heavy atom. The summed E-state index contributed by atoms with van der Waals surface area (Å²) in [5.41, 5.74) is 1.12. The van der Waals surface area contributed by atoms with E-state index in [0.29, 0.717) is 69.4 Å². The predicted octanol–water partition coefficient (Wildman–Crippen LogP) is 1.13. The van der Waals surface area contributed by atoms with Gasteiger partial charge in [-0.25, -0.2) is 18.4 Å². The molecule has 2 saturated heterocycles. The third-order valence-electron chi connectivity index (χ3n) is 5.54. The van der Waals surface area contributed by atoms with Gasteiger partial charge >= 0.3 is 0 Å². The number of anilines is 1. The second kappa shape index (κ2) is 8.65. The van der Waals surface area contributed by atoms with E-state index in [4.69, 9.17) is 4.74 Å². The van der Waals surface area contributed by atoms with Crippen LogP contribution in [0.15, 0.2) is 35.6 Å². The zero-order chi connectivity index (χ0) is 21.1. The maximum Gasteiger partial charge on any atom is 0.255 e. The molecule has 0 spiro atoms. The molecule has 0 radical (unpaired) electrons. The molecule has 0 aliphatic carbocycles. The van der Waals surface area contributed by atoms with E-state index in [9.17, 15) is 13.2 Å². The third kappa shape index (κ3) is 4.44. The number of aromatic nitrogens is 3. The number of likely N-dealkylation sites (tertiary alicyclic amines) is 1. The van der Waals surface area contributed by atoms with Crippen molar-refractivity contribution < 1.29 is 17.9 Å². The maximum atomic E-state index is 12.7. The lowest BCUT2D eigenvalue weighted by molar-refractivity contribution is 0.0711. The van der Waals surface area contributed by atoms with Crippen molar-refractivity contribution in [2.24, 2.45) is 0 Å². The molecule has 1 amide bonds. The molecule has 0 aromatic carbocycles. The Kier molecular flexibility index (Phi) is 5.96. The molecule has 30 heavy (non-hydrogen) atoms. The molecule has 2 aliphatic heterocycles. The number of carbonyl (C=O) groups is 1. The highest BCUT2D eigenvalue weighted by molar-refractivity contribution is 7.90. The van der Waals surface area contributed by atoms with Crippen molar-refractivity contribution >= 4 is 21.7 Å². The zero-order valence-corrected chi connectivity index (χ0v) is 17.7. The quantitative estimate of drug-likeness (QED) is 0.709. The van der Waals surface area contributed by atoms with Crippen LogP contribution in [0.2, 0.25) is 0 Å². The lowest BCUT2D eigenvalue weighted by Gasteiger charge is -2.33. The first-order valence-corrected chi connectivity index (χ1v) is 11.9. The fourth-order valence-corrected chi connectivity index (χ4v) is 4.73. The number of pyridine rings is 1. The lowest BCUT2D eigenvalue weighted by Crippen LogP contribution is -2.39. The van der Waals surface area contributed by atoms with Gasteiger partial charge in [0.25, 0.3) is 5.91 Å². The van der Waals surface area contributed by atoms with Gasteiger partial charge in [-0.05, 0) is 25.0 Å². The van der Waals surface area contributed by atoms with Crippen molar-refractivity contribution in [2.75, 3.05) is 50.5 Å². The van der Waals surface area contributed by atoms with Gasteiger partial charge in [-0.2, -0.15) is 0 Å². The van der Waals surface area contributed by atoms with E-state index in [2.05, 4.69) is 15.0 Å². The van der Waals surface area contributed by atoms with E-state index in [1.807, 2.05) is 4.90 Å². The summed E-state index contributed by atoms with van der Waals surface area (Å²) in [6.07, 6.45) is 7.11. The molecule has 0 atom stereocenters. The second-order valence-electron chi connectivity index (χ2n) is 7.60. The van der Waals surface area contributed by atoms with Crippen LogP contribution in [0.5, 0.6) is 0 Å². The summed E-state index contributed by atoms with van der Waals surface area (Å²) >= 11 is 0. The number of nitrogens with zero attached hydrogens (tertiary/aromatic N) is 5. The van der Waals surface area contributed by atoms with E-state index in [-0.39, 0.29) is 16.7 Å². The topological polar surface area (TPSA) is 106 Å². The Bertz CT molecular complexity index is 1000. The van der Waals surface area contributed by atoms with E-state index < -0.39 is 9.84 Å². The van der Waals surface area contributed by atoms with E-state index in [0.717, 1.165) is 0 Å². The highest BCUT2D eigenvalue weighted by atomic mass is 32.2. The normalized spacial score (nSPS) is 18.4. The summed E-state index contributed by atoms with van der Waals surface area (Å²) in [7, 11) is -3.46. The van der Waals surface area contributed by atoms with Crippen molar-refractivity contribution in [3.8, 4) is 0 Å². The van der Waals surface area contributed by atoms with Crippen LogP contribution in [-0.2, 0) is 14.6 Å². The van der Waals surface area contributed by atoms with Crippen molar-refractivity contribution in [2.45, 2.75) is 23.7 Å². The Morgan fingerprint density at radius 1 is 1.13 bits per heavy atom. The standard InChI is InChI=1S/C20H25N5O4S/c1-30(27,28)17-14-22-20(25-9-11-29-12-10-25)23-18(17)15-4-7-24(8-5-15)19(26)16-3-2-6-21-13-16/h2-3,6,13-15H,4-5,7-12H2,1H3. The highest BCUT2D eigenvalue weighted by Gasteiger charge is 2.30. The molecule has 0 bridgehead atoms. The first-order valence-electron chi connectivity index (χ1n) is 10.0. The number of amides is 1. The van der Waals surface area contributed by atoms with Crippen LogP contribution in [0, 0.1) is 0 Å². The van der Waals surface area contributed by atoms with Crippen LogP contribution < -0.4 is 4.90 Å². The maximum absolute atomic E-state index is 12.7. The average Bonchev–Trinajstić information content (AvgIpc) is 2.79. The van der Waals surface area contributed by atoms with Crippen LogP contribution >= 0.6 is 0 Å². The van der Waals surface area contributed by atoms with Crippen LogP contribution in [0.1, 0.15) is 34.8 Å². The molecule has 2 aromatic rings. The summed E-state index contributed by atoms with van der Waals surface area (Å²) < 4.78 is 30.1. The molecule has 0 N–H and O–H groups in total. The van der Waals surface area contributed by atoms with Crippen LogP contribution in [0.25, 0.3) is 0 Å². The molecular formula is C20H25N5O4S. The van der Waals surface area contributed by atoms with Gasteiger partial charge in [-0.15, -0.1) is 0 Å². The third-order valence-corrected chi connectivity index (χ3v) is 6.65. The van der Waals surface area contributed by atoms with Crippen LogP contribution in [0.3, 0.4) is 0 Å². The largest absolute Gasteiger partial charge is 0.378 e. The molecule has 2 aliphatic rings. The van der Waals surface area contributed by atoms with Gasteiger partial charge in [0.15, 0.2) is 9.84 Å². The molecule has 4 rings (SSSR count). The summed E-state index contributed by atoms with van der Waals surface area (Å²) in [4.78, 5) is 29.7. The van der Waals surface area contributed by atoms with Crippen molar-refractivity contribution in [1.29, 1.82) is 0 Å². The Balaban J connectivity index is 1.55. The molecule has 0 unspecified atom stereocenters. The lowest BCUT2D eigenvalue weighted by atomic mass is 9.93. The number of ether oxygens (including phenoxy) is 1. The van der Waals surface area contributed by atoms with Crippen LogP contribution in [0.4, 0.5) is 5.95 Å². The van der Waals surface area contributed by atoms with Gasteiger partial charge in [0.2, 0.25) is 5.95 Å². The van der Waals surface area contributed by atoms with Crippen molar-refractivity contribution in [1.82, 2.24) is 19.9 Å². The number of rotatable bonds is 4. The van der Waals surface area contributed by atoms with Gasteiger partial charge in [0, 0.05) is 50.7 Å². The van der Waals surface area contributed by atoms with E-state index >= 15 is 0 Å². The fourth-order valence-electron chi connectivity index (χ4n) is 3.90. The Hall–Kier alpha value is -2.59. The SMILES string of the molecule is CS(=O)(=O)c1cnc(N2CCOCC2)nc1C1CCN(C(=O)c2cccnc2)CC1. The van der Waals surface area contributed by atoms with Gasteiger partial charge in [0.1, 0.15) is 4.90 Å². The molecular weight excluding hydrogens is 406 g/mol. The van der Waals surface area contributed by atoms with Gasteiger partial charge in [-0.1, -0.05) is 0 Å². The number of carbonyl (C=O) groups excluding carboxylic acids is 1. The summed E-state index contributed by atoms with van der Waals surface area (Å²) in [5.74, 6) is 0.437. The zero-order valence-electron chi connectivity index (χ0n) is 16.9. The average molecular weight is 432 g/mol. The first kappa shape index (κ1) is 20.7. The minimum Gasteiger partial charge on any atom is -0.378 e. The monoisotopic (exact) mass is 431 g/mol. The minimum atomic E-state index is -3.46. The molecule has 160 valence electrons. The molecule has 10 heteroatoms. The molecule has 9 nitrogen and oxygen atoms in total. The number of hydrogen-bond acceptors (Lipinski definition) is 8.